The Bertz CT molecular complexity index is 593. The van der Waals surface area contributed by atoms with Crippen LogP contribution in [0.1, 0.15) is 19.5 Å². The highest BCUT2D eigenvalue weighted by molar-refractivity contribution is 5.59. The molecule has 0 aliphatic rings. The van der Waals surface area contributed by atoms with Crippen LogP contribution >= 0.6 is 0 Å². The van der Waals surface area contributed by atoms with Gasteiger partial charge in [0.15, 0.2) is 0 Å². The summed E-state index contributed by atoms with van der Waals surface area (Å²) in [7, 11) is 1.85. The lowest BCUT2D eigenvalue weighted by Crippen LogP contribution is -2.18. The highest BCUT2D eigenvalue weighted by Gasteiger charge is 2.24. The van der Waals surface area contributed by atoms with Crippen molar-refractivity contribution in [1.29, 1.82) is 0 Å². The van der Waals surface area contributed by atoms with Gasteiger partial charge in [-0.1, -0.05) is 30.3 Å². The Morgan fingerprint density at radius 1 is 1.28 bits per heavy atom. The molecule has 0 spiro atoms. The van der Waals surface area contributed by atoms with Crippen molar-refractivity contribution >= 4 is 6.08 Å². The van der Waals surface area contributed by atoms with E-state index in [1.165, 1.54) is 0 Å². The van der Waals surface area contributed by atoms with Gasteiger partial charge < -0.3 is 0 Å². The fraction of sp³-hybridized carbons (Fsp3) is 0.286. The maximum Gasteiger partial charge on any atom is 0.235 e. The number of benzene rings is 1. The number of rotatable bonds is 3. The maximum atomic E-state index is 10.5. The zero-order valence-corrected chi connectivity index (χ0v) is 10.7. The van der Waals surface area contributed by atoms with Crippen LogP contribution in [0.15, 0.2) is 41.4 Å². The zero-order chi connectivity index (χ0) is 13.2. The Balaban J connectivity index is 2.48. The van der Waals surface area contributed by atoms with Gasteiger partial charge in [-0.2, -0.15) is 10.1 Å². The fourth-order valence-electron chi connectivity index (χ4n) is 1.96. The second-order valence-corrected chi connectivity index (χ2v) is 4.67. The molecule has 92 valence electrons. The van der Waals surface area contributed by atoms with E-state index < -0.39 is 5.54 Å². The lowest BCUT2D eigenvalue weighted by Gasteiger charge is -2.16. The minimum atomic E-state index is -0.615. The molecule has 0 saturated heterocycles. The van der Waals surface area contributed by atoms with Crippen molar-refractivity contribution in [2.75, 3.05) is 0 Å². The van der Waals surface area contributed by atoms with Crippen LogP contribution in [-0.4, -0.2) is 15.9 Å². The molecule has 0 amide bonds. The molecule has 0 aliphatic carbocycles. The first-order chi connectivity index (χ1) is 8.54. The van der Waals surface area contributed by atoms with Crippen molar-refractivity contribution in [2.45, 2.75) is 19.4 Å². The summed E-state index contributed by atoms with van der Waals surface area (Å²) in [6.07, 6.45) is 1.62. The Morgan fingerprint density at radius 3 is 2.56 bits per heavy atom. The van der Waals surface area contributed by atoms with Crippen molar-refractivity contribution in [3.05, 3.63) is 42.1 Å². The lowest BCUT2D eigenvalue weighted by molar-refractivity contribution is 0.487. The molecule has 0 fully saturated rings. The van der Waals surface area contributed by atoms with Gasteiger partial charge in [-0.05, 0) is 19.9 Å². The number of aryl methyl sites for hydroxylation is 1. The van der Waals surface area contributed by atoms with Crippen molar-refractivity contribution in [3.63, 3.8) is 0 Å². The number of hydrogen-bond acceptors (Lipinski definition) is 3. The van der Waals surface area contributed by atoms with Crippen LogP contribution in [0.4, 0.5) is 0 Å². The Morgan fingerprint density at radius 2 is 1.94 bits per heavy atom. The first-order valence-electron chi connectivity index (χ1n) is 5.73. The van der Waals surface area contributed by atoms with E-state index in [4.69, 9.17) is 0 Å². The normalized spacial score (nSPS) is 11.1. The number of hydrogen-bond donors (Lipinski definition) is 0. The number of aliphatic imine (C=N–C) groups is 1. The van der Waals surface area contributed by atoms with Crippen LogP contribution in [0.3, 0.4) is 0 Å². The minimum Gasteiger partial charge on any atom is -0.270 e. The maximum absolute atomic E-state index is 10.5. The highest BCUT2D eigenvalue weighted by Crippen LogP contribution is 2.27. The van der Waals surface area contributed by atoms with Crippen molar-refractivity contribution < 1.29 is 4.79 Å². The van der Waals surface area contributed by atoms with Gasteiger partial charge in [0.2, 0.25) is 6.08 Å². The monoisotopic (exact) mass is 241 g/mol. The average molecular weight is 241 g/mol. The molecule has 1 aromatic carbocycles. The molecule has 0 radical (unpaired) electrons. The topological polar surface area (TPSA) is 47.2 Å². The van der Waals surface area contributed by atoms with Gasteiger partial charge in [-0.3, -0.25) is 4.68 Å². The van der Waals surface area contributed by atoms with Crippen molar-refractivity contribution in [2.24, 2.45) is 12.0 Å². The fourth-order valence-corrected chi connectivity index (χ4v) is 1.96. The SMILES string of the molecule is Cn1nc(-c2ccccc2)cc1C(C)(C)N=C=O. The zero-order valence-electron chi connectivity index (χ0n) is 10.7. The van der Waals surface area contributed by atoms with E-state index in [-0.39, 0.29) is 0 Å². The molecular weight excluding hydrogens is 226 g/mol. The molecule has 0 unspecified atom stereocenters. The second-order valence-electron chi connectivity index (χ2n) is 4.67. The van der Waals surface area contributed by atoms with Gasteiger partial charge in [0, 0.05) is 12.6 Å². The molecule has 0 saturated carbocycles. The molecule has 2 rings (SSSR count). The highest BCUT2D eigenvalue weighted by atomic mass is 16.1. The van der Waals surface area contributed by atoms with Crippen LogP contribution in [0.25, 0.3) is 11.3 Å². The summed E-state index contributed by atoms with van der Waals surface area (Å²) >= 11 is 0. The molecule has 0 N–H and O–H groups in total. The molecule has 1 aromatic heterocycles. The van der Waals surface area contributed by atoms with Gasteiger partial charge in [0.25, 0.3) is 0 Å². The summed E-state index contributed by atoms with van der Waals surface area (Å²) in [6, 6.07) is 11.9. The van der Waals surface area contributed by atoms with E-state index in [1.807, 2.05) is 57.3 Å². The van der Waals surface area contributed by atoms with E-state index in [9.17, 15) is 4.79 Å². The first-order valence-corrected chi connectivity index (χ1v) is 5.73. The summed E-state index contributed by atoms with van der Waals surface area (Å²) in [4.78, 5) is 14.3. The summed E-state index contributed by atoms with van der Waals surface area (Å²) in [6.45, 7) is 3.73. The van der Waals surface area contributed by atoms with Crippen LogP contribution in [0.2, 0.25) is 0 Å². The Kier molecular flexibility index (Phi) is 3.13. The molecule has 1 heterocycles. The summed E-state index contributed by atoms with van der Waals surface area (Å²) in [5.74, 6) is 0. The Hall–Kier alpha value is -2.19. The predicted octanol–water partition coefficient (Wildman–Crippen LogP) is 2.66. The van der Waals surface area contributed by atoms with Gasteiger partial charge in [0.1, 0.15) is 5.54 Å². The third-order valence-electron chi connectivity index (χ3n) is 2.90. The average Bonchev–Trinajstić information content (AvgIpc) is 2.73. The van der Waals surface area contributed by atoms with Gasteiger partial charge in [-0.15, -0.1) is 0 Å². The van der Waals surface area contributed by atoms with Gasteiger partial charge in [-0.25, -0.2) is 4.79 Å². The summed E-state index contributed by atoms with van der Waals surface area (Å²) in [5.41, 5.74) is 2.19. The standard InChI is InChI=1S/C14H15N3O/c1-14(2,15-10-18)13-9-12(16-17(13)3)11-7-5-4-6-8-11/h4-9H,1-3H3. The number of carbonyl (C=O) groups excluding carboxylic acids is 1. The van der Waals surface area contributed by atoms with E-state index in [2.05, 4.69) is 10.1 Å². The van der Waals surface area contributed by atoms with E-state index in [0.717, 1.165) is 17.0 Å². The molecule has 4 heteroatoms. The number of isocyanates is 1. The summed E-state index contributed by atoms with van der Waals surface area (Å²) in [5, 5.41) is 4.46. The third-order valence-corrected chi connectivity index (χ3v) is 2.90. The number of aromatic nitrogens is 2. The number of nitrogens with zero attached hydrogens (tertiary/aromatic N) is 3. The minimum absolute atomic E-state index is 0.615. The lowest BCUT2D eigenvalue weighted by atomic mass is 10.0. The smallest absolute Gasteiger partial charge is 0.235 e. The molecule has 0 atom stereocenters. The molecule has 2 aromatic rings. The van der Waals surface area contributed by atoms with Crippen LogP contribution in [0.5, 0.6) is 0 Å². The molecule has 0 bridgehead atoms. The largest absolute Gasteiger partial charge is 0.270 e. The molecule has 0 aliphatic heterocycles. The van der Waals surface area contributed by atoms with Gasteiger partial charge >= 0.3 is 0 Å². The van der Waals surface area contributed by atoms with Crippen molar-refractivity contribution in [1.82, 2.24) is 9.78 Å². The predicted molar refractivity (Wildman–Crippen MR) is 69.8 cm³/mol. The van der Waals surface area contributed by atoms with Crippen LogP contribution in [-0.2, 0) is 17.4 Å². The first kappa shape index (κ1) is 12.3. The Labute approximate surface area is 106 Å². The van der Waals surface area contributed by atoms with Crippen molar-refractivity contribution in [3.8, 4) is 11.3 Å². The molecule has 4 nitrogen and oxygen atoms in total. The van der Waals surface area contributed by atoms with Gasteiger partial charge in [0.05, 0.1) is 11.4 Å². The van der Waals surface area contributed by atoms with E-state index >= 15 is 0 Å². The van der Waals surface area contributed by atoms with E-state index in [1.54, 1.807) is 10.8 Å². The quantitative estimate of drug-likeness (QED) is 0.612. The van der Waals surface area contributed by atoms with Crippen LogP contribution in [0, 0.1) is 0 Å². The summed E-state index contributed by atoms with van der Waals surface area (Å²) < 4.78 is 1.75. The van der Waals surface area contributed by atoms with E-state index in [0.29, 0.717) is 0 Å². The molecular formula is C14H15N3O. The second kappa shape index (κ2) is 4.59. The van der Waals surface area contributed by atoms with Crippen LogP contribution < -0.4 is 0 Å². The molecule has 18 heavy (non-hydrogen) atoms. The third kappa shape index (κ3) is 2.24.